The van der Waals surface area contributed by atoms with Gasteiger partial charge in [0, 0.05) is 29.1 Å². The van der Waals surface area contributed by atoms with Crippen molar-refractivity contribution in [2.45, 2.75) is 39.2 Å². The molecule has 0 aliphatic carbocycles. The molecule has 2 aromatic rings. The highest BCUT2D eigenvalue weighted by Gasteiger charge is 2.28. The van der Waals surface area contributed by atoms with Gasteiger partial charge in [0.25, 0.3) is 11.6 Å². The number of halogens is 2. The Morgan fingerprint density at radius 1 is 1.13 bits per heavy atom. The SMILES string of the molecule is CC(C)C(NC(=O)c1ccc([N+](=O)[O-])cc1Cl)C(=O)NCC(C)(C)c1cccc(Cl)c1. The second kappa shape index (κ2) is 10.1. The highest BCUT2D eigenvalue weighted by atomic mass is 35.5. The zero-order valence-corrected chi connectivity index (χ0v) is 19.3. The molecule has 2 amide bonds. The number of nitro groups is 1. The number of benzene rings is 2. The number of nitro benzene ring substituents is 1. The summed E-state index contributed by atoms with van der Waals surface area (Å²) in [4.78, 5) is 35.8. The molecule has 0 aromatic heterocycles. The van der Waals surface area contributed by atoms with Crippen molar-refractivity contribution in [2.75, 3.05) is 6.54 Å². The maximum Gasteiger partial charge on any atom is 0.270 e. The largest absolute Gasteiger partial charge is 0.353 e. The molecule has 9 heteroatoms. The van der Waals surface area contributed by atoms with Gasteiger partial charge >= 0.3 is 0 Å². The fourth-order valence-corrected chi connectivity index (χ4v) is 3.44. The number of non-ortho nitro benzene ring substituents is 1. The number of hydrogen-bond acceptors (Lipinski definition) is 4. The number of carbonyl (C=O) groups excluding carboxylic acids is 2. The first-order valence-corrected chi connectivity index (χ1v) is 10.5. The zero-order chi connectivity index (χ0) is 23.3. The van der Waals surface area contributed by atoms with Gasteiger partial charge in [-0.25, -0.2) is 0 Å². The number of nitrogens with one attached hydrogen (secondary N) is 2. The van der Waals surface area contributed by atoms with Crippen molar-refractivity contribution in [3.8, 4) is 0 Å². The van der Waals surface area contributed by atoms with E-state index in [0.717, 1.165) is 11.6 Å². The second-order valence-corrected chi connectivity index (χ2v) is 9.07. The third-order valence-electron chi connectivity index (χ3n) is 4.95. The van der Waals surface area contributed by atoms with E-state index >= 15 is 0 Å². The summed E-state index contributed by atoms with van der Waals surface area (Å²) in [7, 11) is 0. The standard InChI is InChI=1S/C22H25Cl2N3O4/c1-13(2)19(26-20(28)17-9-8-16(27(30)31)11-18(17)24)21(29)25-12-22(3,4)14-6-5-7-15(23)10-14/h5-11,13,19H,12H2,1-4H3,(H,25,29)(H,26,28). The van der Waals surface area contributed by atoms with E-state index in [0.29, 0.717) is 11.6 Å². The second-order valence-electron chi connectivity index (χ2n) is 8.23. The van der Waals surface area contributed by atoms with E-state index in [-0.39, 0.29) is 33.5 Å². The molecule has 0 heterocycles. The van der Waals surface area contributed by atoms with Crippen molar-refractivity contribution in [2.24, 2.45) is 5.92 Å². The predicted molar refractivity (Wildman–Crippen MR) is 122 cm³/mol. The van der Waals surface area contributed by atoms with Gasteiger partial charge in [0.2, 0.25) is 5.91 Å². The summed E-state index contributed by atoms with van der Waals surface area (Å²) in [5.74, 6) is -1.12. The predicted octanol–water partition coefficient (Wildman–Crippen LogP) is 4.75. The maximum atomic E-state index is 12.9. The van der Waals surface area contributed by atoms with Crippen molar-refractivity contribution in [1.29, 1.82) is 0 Å². The Hall–Kier alpha value is -2.64. The molecule has 2 N–H and O–H groups in total. The number of hydrogen-bond donors (Lipinski definition) is 2. The van der Waals surface area contributed by atoms with Crippen molar-refractivity contribution in [1.82, 2.24) is 10.6 Å². The molecule has 1 atom stereocenters. The van der Waals surface area contributed by atoms with Crippen molar-refractivity contribution in [3.63, 3.8) is 0 Å². The van der Waals surface area contributed by atoms with Crippen LogP contribution in [0.4, 0.5) is 5.69 Å². The van der Waals surface area contributed by atoms with Gasteiger partial charge in [0.15, 0.2) is 0 Å². The summed E-state index contributed by atoms with van der Waals surface area (Å²) in [5.41, 5.74) is 0.435. The minimum absolute atomic E-state index is 0.0586. The summed E-state index contributed by atoms with van der Waals surface area (Å²) in [6.07, 6.45) is 0. The lowest BCUT2D eigenvalue weighted by molar-refractivity contribution is -0.384. The fourth-order valence-electron chi connectivity index (χ4n) is 2.99. The van der Waals surface area contributed by atoms with Gasteiger partial charge in [-0.05, 0) is 29.7 Å². The molecule has 2 rings (SSSR count). The van der Waals surface area contributed by atoms with Crippen LogP contribution < -0.4 is 10.6 Å². The fraction of sp³-hybridized carbons (Fsp3) is 0.364. The quantitative estimate of drug-likeness (QED) is 0.433. The Morgan fingerprint density at radius 2 is 1.81 bits per heavy atom. The molecule has 0 spiro atoms. The van der Waals surface area contributed by atoms with Crippen molar-refractivity contribution < 1.29 is 14.5 Å². The lowest BCUT2D eigenvalue weighted by Crippen LogP contribution is -2.51. The summed E-state index contributed by atoms with van der Waals surface area (Å²) < 4.78 is 0. The van der Waals surface area contributed by atoms with E-state index < -0.39 is 16.9 Å². The highest BCUT2D eigenvalue weighted by Crippen LogP contribution is 2.25. The van der Waals surface area contributed by atoms with Gasteiger partial charge < -0.3 is 10.6 Å². The van der Waals surface area contributed by atoms with Gasteiger partial charge in [0.1, 0.15) is 6.04 Å². The number of amides is 2. The minimum Gasteiger partial charge on any atom is -0.353 e. The number of carbonyl (C=O) groups is 2. The molecule has 31 heavy (non-hydrogen) atoms. The first-order valence-electron chi connectivity index (χ1n) is 9.71. The molecule has 0 aliphatic rings. The molecule has 0 fully saturated rings. The molecule has 7 nitrogen and oxygen atoms in total. The molecule has 166 valence electrons. The van der Waals surface area contributed by atoms with E-state index in [9.17, 15) is 19.7 Å². The van der Waals surface area contributed by atoms with E-state index in [1.54, 1.807) is 6.07 Å². The van der Waals surface area contributed by atoms with Gasteiger partial charge in [-0.3, -0.25) is 19.7 Å². The summed E-state index contributed by atoms with van der Waals surface area (Å²) in [6, 6.07) is 10.2. The van der Waals surface area contributed by atoms with Crippen LogP contribution in [0.3, 0.4) is 0 Å². The molecular weight excluding hydrogens is 441 g/mol. The minimum atomic E-state index is -0.811. The molecular formula is C22H25Cl2N3O4. The Morgan fingerprint density at radius 3 is 2.35 bits per heavy atom. The van der Waals surface area contributed by atoms with Gasteiger partial charge in [-0.2, -0.15) is 0 Å². The Balaban J connectivity index is 2.10. The van der Waals surface area contributed by atoms with Crippen molar-refractivity contribution >= 4 is 40.7 Å². The summed E-state index contributed by atoms with van der Waals surface area (Å²) in [6.45, 7) is 7.93. The molecule has 0 saturated heterocycles. The molecule has 0 radical (unpaired) electrons. The van der Waals surface area contributed by atoms with Crippen LogP contribution in [-0.2, 0) is 10.2 Å². The Labute approximate surface area is 191 Å². The Kier molecular flexibility index (Phi) is 8.03. The lowest BCUT2D eigenvalue weighted by Gasteiger charge is -2.28. The number of rotatable bonds is 8. The van der Waals surface area contributed by atoms with Crippen LogP contribution >= 0.6 is 23.2 Å². The van der Waals surface area contributed by atoms with Crippen LogP contribution in [0.15, 0.2) is 42.5 Å². The number of nitrogens with zero attached hydrogens (tertiary/aromatic N) is 1. The first-order chi connectivity index (χ1) is 14.4. The van der Waals surface area contributed by atoms with Crippen LogP contribution in [0.25, 0.3) is 0 Å². The van der Waals surface area contributed by atoms with Gasteiger partial charge in [0.05, 0.1) is 15.5 Å². The highest BCUT2D eigenvalue weighted by molar-refractivity contribution is 6.34. The van der Waals surface area contributed by atoms with Crippen molar-refractivity contribution in [3.05, 3.63) is 73.8 Å². The third kappa shape index (κ3) is 6.42. The van der Waals surface area contributed by atoms with Crippen LogP contribution in [0.1, 0.15) is 43.6 Å². The average Bonchev–Trinajstić information content (AvgIpc) is 2.69. The van der Waals surface area contributed by atoms with Crippen LogP contribution in [-0.4, -0.2) is 29.3 Å². The van der Waals surface area contributed by atoms with E-state index in [4.69, 9.17) is 23.2 Å². The van der Waals surface area contributed by atoms with Gasteiger partial charge in [-0.1, -0.05) is 63.0 Å². The smallest absolute Gasteiger partial charge is 0.270 e. The van der Waals surface area contributed by atoms with E-state index in [1.165, 1.54) is 12.1 Å². The summed E-state index contributed by atoms with van der Waals surface area (Å²) in [5, 5.41) is 17.0. The third-order valence-corrected chi connectivity index (χ3v) is 5.50. The first kappa shape index (κ1) is 24.6. The Bertz CT molecular complexity index is 992. The molecule has 1 unspecified atom stereocenters. The average molecular weight is 466 g/mol. The van der Waals surface area contributed by atoms with Crippen LogP contribution in [0.2, 0.25) is 10.0 Å². The normalized spacial score (nSPS) is 12.4. The molecule has 2 aromatic carbocycles. The summed E-state index contributed by atoms with van der Waals surface area (Å²) >= 11 is 12.1. The van der Waals surface area contributed by atoms with Crippen LogP contribution in [0, 0.1) is 16.0 Å². The lowest BCUT2D eigenvalue weighted by atomic mass is 9.84. The molecule has 0 saturated carbocycles. The maximum absolute atomic E-state index is 12.9. The zero-order valence-electron chi connectivity index (χ0n) is 17.7. The molecule has 0 aliphatic heterocycles. The topological polar surface area (TPSA) is 101 Å². The molecule has 0 bridgehead atoms. The van der Waals surface area contributed by atoms with Crippen LogP contribution in [0.5, 0.6) is 0 Å². The van der Waals surface area contributed by atoms with E-state index in [1.807, 2.05) is 45.9 Å². The monoisotopic (exact) mass is 465 g/mol. The van der Waals surface area contributed by atoms with Gasteiger partial charge in [-0.15, -0.1) is 0 Å². The van der Waals surface area contributed by atoms with E-state index in [2.05, 4.69) is 10.6 Å².